The van der Waals surface area contributed by atoms with Gasteiger partial charge in [-0.05, 0) is 61.6 Å². The Morgan fingerprint density at radius 3 is 3.00 bits per heavy atom. The lowest BCUT2D eigenvalue weighted by Crippen LogP contribution is -2.20. The van der Waals surface area contributed by atoms with Crippen LogP contribution in [0.5, 0.6) is 0 Å². The van der Waals surface area contributed by atoms with E-state index in [2.05, 4.69) is 4.98 Å². The first-order valence-corrected chi connectivity index (χ1v) is 6.91. The second kappa shape index (κ2) is 5.16. The number of nitrogens with zero attached hydrogens (tertiary/aromatic N) is 1. The lowest BCUT2D eigenvalue weighted by molar-refractivity contribution is 0.0948. The fourth-order valence-corrected chi connectivity index (χ4v) is 2.96. The van der Waals surface area contributed by atoms with E-state index in [0.29, 0.717) is 11.1 Å². The number of carbonyl (C=O) groups is 1. The molecule has 3 rings (SSSR count). The fourth-order valence-electron chi connectivity index (χ4n) is 2.96. The second-order valence-corrected chi connectivity index (χ2v) is 5.32. The molecule has 2 nitrogen and oxygen atoms in total. The minimum absolute atomic E-state index is 0.0575. The molecule has 1 aromatic heterocycles. The lowest BCUT2D eigenvalue weighted by atomic mass is 9.81. The highest BCUT2D eigenvalue weighted by Crippen LogP contribution is 2.33. The molecule has 0 saturated heterocycles. The number of ketones is 1. The van der Waals surface area contributed by atoms with Crippen molar-refractivity contribution in [2.24, 2.45) is 0 Å². The molecule has 102 valence electrons. The van der Waals surface area contributed by atoms with Crippen molar-refractivity contribution in [2.45, 2.75) is 32.1 Å². The number of fused-ring (bicyclic) bond motifs is 1. The molecule has 1 atom stereocenters. The maximum atomic E-state index is 13.2. The van der Waals surface area contributed by atoms with Crippen molar-refractivity contribution in [1.29, 1.82) is 0 Å². The number of hydrogen-bond donors (Lipinski definition) is 0. The van der Waals surface area contributed by atoms with E-state index < -0.39 is 0 Å². The van der Waals surface area contributed by atoms with Crippen LogP contribution in [-0.4, -0.2) is 10.8 Å². The Morgan fingerprint density at radius 2 is 2.20 bits per heavy atom. The summed E-state index contributed by atoms with van der Waals surface area (Å²) in [7, 11) is 0. The Kier molecular flexibility index (Phi) is 3.35. The smallest absolute Gasteiger partial charge is 0.172 e. The van der Waals surface area contributed by atoms with Crippen LogP contribution in [-0.2, 0) is 6.42 Å². The predicted octanol–water partition coefficient (Wildman–Crippen LogP) is 3.83. The Bertz CT molecular complexity index is 666. The summed E-state index contributed by atoms with van der Waals surface area (Å²) >= 11 is 0. The van der Waals surface area contributed by atoms with Gasteiger partial charge in [-0.1, -0.05) is 6.07 Å². The van der Waals surface area contributed by atoms with Crippen molar-refractivity contribution in [2.75, 3.05) is 0 Å². The summed E-state index contributed by atoms with van der Waals surface area (Å²) in [6.45, 7) is 1.78. The third kappa shape index (κ3) is 2.24. The van der Waals surface area contributed by atoms with Gasteiger partial charge in [0.25, 0.3) is 0 Å². The van der Waals surface area contributed by atoms with Gasteiger partial charge in [0.2, 0.25) is 0 Å². The van der Waals surface area contributed by atoms with Crippen LogP contribution in [0.15, 0.2) is 36.5 Å². The third-order valence-corrected chi connectivity index (χ3v) is 3.97. The summed E-state index contributed by atoms with van der Waals surface area (Å²) in [5.74, 6) is -0.438. The van der Waals surface area contributed by atoms with Crippen molar-refractivity contribution in [1.82, 2.24) is 4.98 Å². The molecule has 1 aromatic carbocycles. The standard InChI is InChI=1S/C17H16FNO/c1-11-10-13(18)7-8-14(11)17(20)15-6-2-4-12-5-3-9-19-16(12)15/h3,5,7-10,15H,2,4,6H2,1H3. The molecule has 0 spiro atoms. The molecule has 3 heteroatoms. The topological polar surface area (TPSA) is 30.0 Å². The van der Waals surface area contributed by atoms with E-state index in [1.54, 1.807) is 19.2 Å². The van der Waals surface area contributed by atoms with Gasteiger partial charge in [0.15, 0.2) is 5.78 Å². The molecule has 0 fully saturated rings. The molecule has 0 amide bonds. The molecule has 1 aliphatic carbocycles. The van der Waals surface area contributed by atoms with Crippen molar-refractivity contribution < 1.29 is 9.18 Å². The monoisotopic (exact) mass is 269 g/mol. The number of benzene rings is 1. The molecular weight excluding hydrogens is 253 g/mol. The highest BCUT2D eigenvalue weighted by Gasteiger charge is 2.29. The first-order chi connectivity index (χ1) is 9.66. The molecule has 20 heavy (non-hydrogen) atoms. The van der Waals surface area contributed by atoms with E-state index >= 15 is 0 Å². The molecule has 1 heterocycles. The molecule has 0 bridgehead atoms. The summed E-state index contributed by atoms with van der Waals surface area (Å²) in [5.41, 5.74) is 3.36. The van der Waals surface area contributed by atoms with E-state index in [1.807, 2.05) is 12.1 Å². The van der Waals surface area contributed by atoms with Gasteiger partial charge in [-0.25, -0.2) is 4.39 Å². The van der Waals surface area contributed by atoms with E-state index in [1.165, 1.54) is 12.1 Å². The minimum Gasteiger partial charge on any atom is -0.293 e. The maximum Gasteiger partial charge on any atom is 0.172 e. The highest BCUT2D eigenvalue weighted by atomic mass is 19.1. The van der Waals surface area contributed by atoms with Crippen LogP contribution in [0.3, 0.4) is 0 Å². The summed E-state index contributed by atoms with van der Waals surface area (Å²) in [6, 6.07) is 8.30. The SMILES string of the molecule is Cc1cc(F)ccc1C(=O)C1CCCc2cccnc21. The van der Waals surface area contributed by atoms with Gasteiger partial charge in [-0.3, -0.25) is 9.78 Å². The Balaban J connectivity index is 2.00. The zero-order valence-corrected chi connectivity index (χ0v) is 11.4. The molecule has 0 N–H and O–H groups in total. The Hall–Kier alpha value is -2.03. The average molecular weight is 269 g/mol. The molecule has 1 unspecified atom stereocenters. The number of halogens is 1. The van der Waals surface area contributed by atoms with Crippen LogP contribution < -0.4 is 0 Å². The number of aromatic nitrogens is 1. The van der Waals surface area contributed by atoms with E-state index in [9.17, 15) is 9.18 Å². The molecule has 0 saturated carbocycles. The molecule has 1 aliphatic rings. The number of aryl methyl sites for hydroxylation is 2. The van der Waals surface area contributed by atoms with Gasteiger partial charge in [0.1, 0.15) is 5.82 Å². The lowest BCUT2D eigenvalue weighted by Gasteiger charge is -2.23. The van der Waals surface area contributed by atoms with Crippen LogP contribution in [0.25, 0.3) is 0 Å². The van der Waals surface area contributed by atoms with Gasteiger partial charge in [-0.2, -0.15) is 0 Å². The number of Topliss-reactive ketones (excluding diaryl/α,β-unsaturated/α-hetero) is 1. The van der Waals surface area contributed by atoms with Crippen molar-refractivity contribution in [3.8, 4) is 0 Å². The summed E-state index contributed by atoms with van der Waals surface area (Å²) in [6.07, 6.45) is 4.53. The molecular formula is C17H16FNO. The van der Waals surface area contributed by atoms with Gasteiger partial charge in [0, 0.05) is 11.8 Å². The van der Waals surface area contributed by atoms with Gasteiger partial charge in [-0.15, -0.1) is 0 Å². The Morgan fingerprint density at radius 1 is 1.35 bits per heavy atom. The summed E-state index contributed by atoms with van der Waals surface area (Å²) in [4.78, 5) is 17.1. The molecule has 0 radical (unpaired) electrons. The maximum absolute atomic E-state index is 13.2. The quantitative estimate of drug-likeness (QED) is 0.775. The first kappa shape index (κ1) is 13.0. The largest absolute Gasteiger partial charge is 0.293 e. The minimum atomic E-state index is -0.304. The van der Waals surface area contributed by atoms with Crippen molar-refractivity contribution in [3.05, 3.63) is 64.7 Å². The van der Waals surface area contributed by atoms with Crippen LogP contribution in [0, 0.1) is 12.7 Å². The van der Waals surface area contributed by atoms with Crippen LogP contribution in [0.2, 0.25) is 0 Å². The first-order valence-electron chi connectivity index (χ1n) is 6.91. The molecule has 0 aliphatic heterocycles. The van der Waals surface area contributed by atoms with Gasteiger partial charge in [0.05, 0.1) is 11.6 Å². The van der Waals surface area contributed by atoms with Gasteiger partial charge < -0.3 is 0 Å². The second-order valence-electron chi connectivity index (χ2n) is 5.32. The van der Waals surface area contributed by atoms with Crippen molar-refractivity contribution in [3.63, 3.8) is 0 Å². The zero-order valence-electron chi connectivity index (χ0n) is 11.4. The number of rotatable bonds is 2. The van der Waals surface area contributed by atoms with Gasteiger partial charge >= 0.3 is 0 Å². The summed E-state index contributed by atoms with van der Waals surface area (Å²) < 4.78 is 13.2. The summed E-state index contributed by atoms with van der Waals surface area (Å²) in [5, 5.41) is 0. The van der Waals surface area contributed by atoms with Crippen LogP contribution in [0.1, 0.15) is 45.9 Å². The van der Waals surface area contributed by atoms with E-state index in [0.717, 1.165) is 30.5 Å². The third-order valence-electron chi connectivity index (χ3n) is 3.97. The van der Waals surface area contributed by atoms with E-state index in [4.69, 9.17) is 0 Å². The van der Waals surface area contributed by atoms with E-state index in [-0.39, 0.29) is 17.5 Å². The number of pyridine rings is 1. The van der Waals surface area contributed by atoms with Crippen molar-refractivity contribution >= 4 is 5.78 Å². The average Bonchev–Trinajstić information content (AvgIpc) is 2.46. The zero-order chi connectivity index (χ0) is 14.1. The predicted molar refractivity (Wildman–Crippen MR) is 75.4 cm³/mol. The Labute approximate surface area is 117 Å². The number of carbonyl (C=O) groups excluding carboxylic acids is 1. The van der Waals surface area contributed by atoms with Crippen LogP contribution in [0.4, 0.5) is 4.39 Å². The normalized spacial score (nSPS) is 17.6. The fraction of sp³-hybridized carbons (Fsp3) is 0.294. The highest BCUT2D eigenvalue weighted by molar-refractivity contribution is 6.02. The molecule has 2 aromatic rings. The van der Waals surface area contributed by atoms with Crippen LogP contribution >= 0.6 is 0 Å². The number of hydrogen-bond acceptors (Lipinski definition) is 2.